The van der Waals surface area contributed by atoms with Gasteiger partial charge in [-0.3, -0.25) is 0 Å². The highest BCUT2D eigenvalue weighted by Gasteiger charge is 2.15. The number of rotatable bonds is 4. The molecule has 21 heavy (non-hydrogen) atoms. The second-order valence-electron chi connectivity index (χ2n) is 4.51. The standard InChI is InChI=1S/C15H13F4NO/c1-8(9-3-4-14(21-2)11(17)5-9)20-13-7-10(16)6-12(18)15(13)19/h3-8,20H,1-2H3. The Hall–Kier alpha value is -2.24. The summed E-state index contributed by atoms with van der Waals surface area (Å²) in [6.07, 6.45) is 0. The van der Waals surface area contributed by atoms with E-state index in [1.165, 1.54) is 19.2 Å². The molecular weight excluding hydrogens is 286 g/mol. The van der Waals surface area contributed by atoms with E-state index >= 15 is 0 Å². The van der Waals surface area contributed by atoms with Gasteiger partial charge in [0.25, 0.3) is 0 Å². The van der Waals surface area contributed by atoms with Crippen LogP contribution < -0.4 is 10.1 Å². The van der Waals surface area contributed by atoms with Gasteiger partial charge in [-0.05, 0) is 24.6 Å². The Labute approximate surface area is 119 Å². The number of nitrogens with one attached hydrogen (secondary N) is 1. The largest absolute Gasteiger partial charge is 0.494 e. The first kappa shape index (κ1) is 15.2. The Morgan fingerprint density at radius 3 is 2.33 bits per heavy atom. The quantitative estimate of drug-likeness (QED) is 0.666. The second-order valence-corrected chi connectivity index (χ2v) is 4.51. The number of halogens is 4. The molecule has 2 aromatic rings. The SMILES string of the molecule is COc1ccc(C(C)Nc2cc(F)cc(F)c2F)cc1F. The molecule has 112 valence electrons. The van der Waals surface area contributed by atoms with Gasteiger partial charge >= 0.3 is 0 Å². The second kappa shape index (κ2) is 6.03. The lowest BCUT2D eigenvalue weighted by molar-refractivity contribution is 0.386. The lowest BCUT2D eigenvalue weighted by Gasteiger charge is -2.17. The fourth-order valence-corrected chi connectivity index (χ4v) is 1.93. The third-order valence-corrected chi connectivity index (χ3v) is 3.04. The zero-order valence-corrected chi connectivity index (χ0v) is 11.4. The van der Waals surface area contributed by atoms with Crippen molar-refractivity contribution in [1.29, 1.82) is 0 Å². The molecule has 0 aliphatic carbocycles. The molecule has 0 radical (unpaired) electrons. The number of methoxy groups -OCH3 is 1. The normalized spacial score (nSPS) is 12.1. The van der Waals surface area contributed by atoms with Crippen LogP contribution in [-0.4, -0.2) is 7.11 Å². The maximum atomic E-state index is 13.6. The third kappa shape index (κ3) is 3.26. The zero-order valence-electron chi connectivity index (χ0n) is 11.4. The molecule has 0 saturated carbocycles. The van der Waals surface area contributed by atoms with E-state index in [1.54, 1.807) is 13.0 Å². The van der Waals surface area contributed by atoms with Crippen molar-refractivity contribution in [2.75, 3.05) is 12.4 Å². The van der Waals surface area contributed by atoms with E-state index in [1.807, 2.05) is 0 Å². The van der Waals surface area contributed by atoms with Gasteiger partial charge in [-0.25, -0.2) is 17.6 Å². The number of hydrogen-bond donors (Lipinski definition) is 1. The van der Waals surface area contributed by atoms with E-state index in [-0.39, 0.29) is 11.4 Å². The van der Waals surface area contributed by atoms with Gasteiger partial charge < -0.3 is 10.1 Å². The van der Waals surface area contributed by atoms with Crippen LogP contribution in [0.15, 0.2) is 30.3 Å². The van der Waals surface area contributed by atoms with Gasteiger partial charge in [-0.2, -0.15) is 0 Å². The summed E-state index contributed by atoms with van der Waals surface area (Å²) in [4.78, 5) is 0. The van der Waals surface area contributed by atoms with Gasteiger partial charge in [0.1, 0.15) is 5.82 Å². The van der Waals surface area contributed by atoms with E-state index in [0.717, 1.165) is 6.07 Å². The molecule has 0 spiro atoms. The van der Waals surface area contributed by atoms with Gasteiger partial charge in [0.05, 0.1) is 12.8 Å². The molecule has 0 amide bonds. The molecule has 6 heteroatoms. The molecule has 1 atom stereocenters. The summed E-state index contributed by atoms with van der Waals surface area (Å²) in [6, 6.07) is 4.95. The smallest absolute Gasteiger partial charge is 0.182 e. The van der Waals surface area contributed by atoms with Crippen molar-refractivity contribution in [2.45, 2.75) is 13.0 Å². The summed E-state index contributed by atoms with van der Waals surface area (Å²) in [7, 11) is 1.34. The van der Waals surface area contributed by atoms with Crippen LogP contribution >= 0.6 is 0 Å². The monoisotopic (exact) mass is 299 g/mol. The molecule has 0 saturated heterocycles. The Bertz CT molecular complexity index is 660. The molecule has 0 aromatic heterocycles. The van der Waals surface area contributed by atoms with E-state index in [0.29, 0.717) is 11.6 Å². The average Bonchev–Trinajstić information content (AvgIpc) is 2.44. The Kier molecular flexibility index (Phi) is 4.35. The van der Waals surface area contributed by atoms with Crippen LogP contribution in [0.5, 0.6) is 5.75 Å². The van der Waals surface area contributed by atoms with Crippen molar-refractivity contribution in [3.05, 3.63) is 59.2 Å². The van der Waals surface area contributed by atoms with Gasteiger partial charge in [-0.1, -0.05) is 6.07 Å². The first-order valence-corrected chi connectivity index (χ1v) is 6.17. The molecule has 1 unspecified atom stereocenters. The molecule has 1 N–H and O–H groups in total. The first-order chi connectivity index (χ1) is 9.92. The Morgan fingerprint density at radius 1 is 1.00 bits per heavy atom. The van der Waals surface area contributed by atoms with Gasteiger partial charge in [0.2, 0.25) is 0 Å². The highest BCUT2D eigenvalue weighted by molar-refractivity contribution is 5.48. The predicted molar refractivity (Wildman–Crippen MR) is 71.3 cm³/mol. The van der Waals surface area contributed by atoms with Crippen LogP contribution in [-0.2, 0) is 0 Å². The fraction of sp³-hybridized carbons (Fsp3) is 0.200. The minimum absolute atomic E-state index is 0.0777. The molecular formula is C15H13F4NO. The van der Waals surface area contributed by atoms with Crippen molar-refractivity contribution < 1.29 is 22.3 Å². The van der Waals surface area contributed by atoms with Crippen molar-refractivity contribution in [1.82, 2.24) is 0 Å². The lowest BCUT2D eigenvalue weighted by Crippen LogP contribution is -2.09. The molecule has 0 heterocycles. The summed E-state index contributed by atoms with van der Waals surface area (Å²) in [5.41, 5.74) is 0.161. The fourth-order valence-electron chi connectivity index (χ4n) is 1.93. The van der Waals surface area contributed by atoms with E-state index < -0.39 is 29.3 Å². The Morgan fingerprint density at radius 2 is 1.71 bits per heavy atom. The number of hydrogen-bond acceptors (Lipinski definition) is 2. The van der Waals surface area contributed by atoms with Crippen LogP contribution in [0.3, 0.4) is 0 Å². The minimum Gasteiger partial charge on any atom is -0.494 e. The summed E-state index contributed by atoms with van der Waals surface area (Å²) in [5.74, 6) is -3.86. The highest BCUT2D eigenvalue weighted by Crippen LogP contribution is 2.27. The Balaban J connectivity index is 2.26. The first-order valence-electron chi connectivity index (χ1n) is 6.17. The molecule has 0 bridgehead atoms. The molecule has 0 aliphatic heterocycles. The van der Waals surface area contributed by atoms with Gasteiger partial charge in [0.15, 0.2) is 23.2 Å². The summed E-state index contributed by atoms with van der Waals surface area (Å²) < 4.78 is 58.2. The van der Waals surface area contributed by atoms with Crippen molar-refractivity contribution in [3.8, 4) is 5.75 Å². The van der Waals surface area contributed by atoms with Crippen LogP contribution in [0.2, 0.25) is 0 Å². The van der Waals surface area contributed by atoms with Gasteiger partial charge in [0, 0.05) is 18.2 Å². The third-order valence-electron chi connectivity index (χ3n) is 3.04. The summed E-state index contributed by atoms with van der Waals surface area (Å²) in [6.45, 7) is 1.61. The van der Waals surface area contributed by atoms with Crippen LogP contribution in [0.1, 0.15) is 18.5 Å². The number of benzene rings is 2. The van der Waals surface area contributed by atoms with Crippen molar-refractivity contribution in [3.63, 3.8) is 0 Å². The van der Waals surface area contributed by atoms with E-state index in [9.17, 15) is 17.6 Å². The van der Waals surface area contributed by atoms with E-state index in [2.05, 4.69) is 5.32 Å². The lowest BCUT2D eigenvalue weighted by atomic mass is 10.1. The molecule has 2 nitrogen and oxygen atoms in total. The maximum Gasteiger partial charge on any atom is 0.182 e. The molecule has 0 fully saturated rings. The van der Waals surface area contributed by atoms with Crippen LogP contribution in [0.4, 0.5) is 23.2 Å². The van der Waals surface area contributed by atoms with Gasteiger partial charge in [-0.15, -0.1) is 0 Å². The van der Waals surface area contributed by atoms with Crippen LogP contribution in [0, 0.1) is 23.3 Å². The predicted octanol–water partition coefficient (Wildman–Crippen LogP) is 4.42. The zero-order chi connectivity index (χ0) is 15.6. The van der Waals surface area contributed by atoms with Crippen LogP contribution in [0.25, 0.3) is 0 Å². The van der Waals surface area contributed by atoms with Crippen molar-refractivity contribution >= 4 is 5.69 Å². The topological polar surface area (TPSA) is 21.3 Å². The average molecular weight is 299 g/mol. The maximum absolute atomic E-state index is 13.6. The van der Waals surface area contributed by atoms with Crippen molar-refractivity contribution in [2.24, 2.45) is 0 Å². The molecule has 2 aromatic carbocycles. The number of anilines is 1. The number of ether oxygens (including phenoxy) is 1. The summed E-state index contributed by atoms with van der Waals surface area (Å²) in [5, 5.41) is 2.61. The summed E-state index contributed by atoms with van der Waals surface area (Å²) >= 11 is 0. The molecule has 0 aliphatic rings. The molecule has 2 rings (SSSR count). The van der Waals surface area contributed by atoms with E-state index in [4.69, 9.17) is 4.74 Å². The minimum atomic E-state index is -1.29. The highest BCUT2D eigenvalue weighted by atomic mass is 19.2.